The molecule has 2 aromatic rings. The van der Waals surface area contributed by atoms with Crippen molar-refractivity contribution in [2.24, 2.45) is 0 Å². The minimum atomic E-state index is -1.06. The van der Waals surface area contributed by atoms with Gasteiger partial charge in [-0.25, -0.2) is 9.67 Å². The predicted octanol–water partition coefficient (Wildman–Crippen LogP) is 0.749. The molecule has 0 saturated carbocycles. The highest BCUT2D eigenvalue weighted by Gasteiger charge is 2.19. The van der Waals surface area contributed by atoms with Crippen molar-refractivity contribution >= 4 is 11.9 Å². The lowest BCUT2D eigenvalue weighted by Crippen LogP contribution is -2.38. The van der Waals surface area contributed by atoms with Crippen molar-refractivity contribution in [3.63, 3.8) is 0 Å². The number of benzene rings is 1. The van der Waals surface area contributed by atoms with Crippen molar-refractivity contribution in [2.45, 2.75) is 6.92 Å². The topological polar surface area (TPSA) is 97.6 Å². The van der Waals surface area contributed by atoms with Crippen LogP contribution in [0.5, 0.6) is 0 Å². The van der Waals surface area contributed by atoms with Crippen LogP contribution in [0.3, 0.4) is 0 Å². The number of aromatic nitrogens is 3. The Morgan fingerprint density at radius 1 is 1.39 bits per heavy atom. The molecule has 1 amide bonds. The first-order valence-electron chi connectivity index (χ1n) is 6.98. The first kappa shape index (κ1) is 16.6. The fourth-order valence-corrected chi connectivity index (χ4v) is 2.18. The second kappa shape index (κ2) is 7.50. The summed E-state index contributed by atoms with van der Waals surface area (Å²) in [5, 5.41) is 13.0. The molecular weight excluding hydrogens is 300 g/mol. The minimum Gasteiger partial charge on any atom is -0.480 e. The first-order valence-corrected chi connectivity index (χ1v) is 6.98. The van der Waals surface area contributed by atoms with Gasteiger partial charge in [0.1, 0.15) is 19.2 Å². The Bertz CT molecular complexity index is 685. The minimum absolute atomic E-state index is 0.214. The standard InChI is InChI=1S/C15H18N4O4/c1-11-7-12(3-4-13(11)19-10-16-9-17-19)15(22)18(5-6-23-2)8-14(20)21/h3-4,7,9-10H,5-6,8H2,1-2H3,(H,20,21). The Balaban J connectivity index is 2.23. The molecule has 2 rings (SSSR count). The van der Waals surface area contributed by atoms with Crippen molar-refractivity contribution < 1.29 is 19.4 Å². The van der Waals surface area contributed by atoms with Crippen LogP contribution in [0, 0.1) is 6.92 Å². The van der Waals surface area contributed by atoms with E-state index in [4.69, 9.17) is 9.84 Å². The average Bonchev–Trinajstić information content (AvgIpc) is 3.04. The molecule has 8 nitrogen and oxygen atoms in total. The van der Waals surface area contributed by atoms with Crippen molar-refractivity contribution in [3.8, 4) is 5.69 Å². The van der Waals surface area contributed by atoms with Gasteiger partial charge in [-0.1, -0.05) is 0 Å². The number of amides is 1. The zero-order chi connectivity index (χ0) is 16.8. The third-order valence-electron chi connectivity index (χ3n) is 3.29. The van der Waals surface area contributed by atoms with Gasteiger partial charge in [-0.3, -0.25) is 9.59 Å². The number of aryl methyl sites for hydroxylation is 1. The summed E-state index contributed by atoms with van der Waals surface area (Å²) in [5.41, 5.74) is 2.06. The molecule has 1 aromatic carbocycles. The number of hydrogen-bond donors (Lipinski definition) is 1. The van der Waals surface area contributed by atoms with Crippen molar-refractivity contribution in [1.82, 2.24) is 19.7 Å². The van der Waals surface area contributed by atoms with Crippen LogP contribution in [0.25, 0.3) is 5.69 Å². The Kier molecular flexibility index (Phi) is 5.42. The number of carboxylic acids is 1. The van der Waals surface area contributed by atoms with Crippen molar-refractivity contribution in [1.29, 1.82) is 0 Å². The van der Waals surface area contributed by atoms with E-state index in [2.05, 4.69) is 10.1 Å². The molecule has 122 valence electrons. The van der Waals surface area contributed by atoms with Gasteiger partial charge in [-0.15, -0.1) is 0 Å². The number of nitrogens with zero attached hydrogens (tertiary/aromatic N) is 4. The molecule has 0 aliphatic carbocycles. The highest BCUT2D eigenvalue weighted by Crippen LogP contribution is 2.16. The van der Waals surface area contributed by atoms with Gasteiger partial charge in [-0.2, -0.15) is 5.10 Å². The van der Waals surface area contributed by atoms with E-state index in [-0.39, 0.29) is 25.6 Å². The zero-order valence-corrected chi connectivity index (χ0v) is 13.0. The van der Waals surface area contributed by atoms with Crippen LogP contribution in [-0.4, -0.2) is 63.5 Å². The molecule has 0 aliphatic rings. The molecule has 0 radical (unpaired) electrons. The number of ether oxygens (including phenoxy) is 1. The Morgan fingerprint density at radius 3 is 2.74 bits per heavy atom. The van der Waals surface area contributed by atoms with E-state index in [1.807, 2.05) is 6.92 Å². The van der Waals surface area contributed by atoms with Gasteiger partial charge in [-0.05, 0) is 30.7 Å². The smallest absolute Gasteiger partial charge is 0.323 e. The summed E-state index contributed by atoms with van der Waals surface area (Å²) >= 11 is 0. The van der Waals surface area contributed by atoms with Gasteiger partial charge in [0.2, 0.25) is 0 Å². The van der Waals surface area contributed by atoms with E-state index in [1.165, 1.54) is 18.3 Å². The van der Waals surface area contributed by atoms with Gasteiger partial charge in [0.05, 0.1) is 12.3 Å². The summed E-state index contributed by atoms with van der Waals surface area (Å²) in [5.74, 6) is -1.41. The number of methoxy groups -OCH3 is 1. The fourth-order valence-electron chi connectivity index (χ4n) is 2.18. The number of carbonyl (C=O) groups is 2. The molecule has 23 heavy (non-hydrogen) atoms. The molecule has 1 aromatic heterocycles. The lowest BCUT2D eigenvalue weighted by atomic mass is 10.1. The monoisotopic (exact) mass is 318 g/mol. The lowest BCUT2D eigenvalue weighted by Gasteiger charge is -2.20. The largest absolute Gasteiger partial charge is 0.480 e. The van der Waals surface area contributed by atoms with Gasteiger partial charge >= 0.3 is 5.97 Å². The molecule has 0 aliphatic heterocycles. The Hall–Kier alpha value is -2.74. The van der Waals surface area contributed by atoms with Gasteiger partial charge in [0.15, 0.2) is 0 Å². The summed E-state index contributed by atoms with van der Waals surface area (Å²) in [7, 11) is 1.50. The molecular formula is C15H18N4O4. The molecule has 0 unspecified atom stereocenters. The fraction of sp³-hybridized carbons (Fsp3) is 0.333. The Morgan fingerprint density at radius 2 is 2.17 bits per heavy atom. The third-order valence-corrected chi connectivity index (χ3v) is 3.29. The number of hydrogen-bond acceptors (Lipinski definition) is 5. The molecule has 0 saturated heterocycles. The van der Waals surface area contributed by atoms with Crippen LogP contribution >= 0.6 is 0 Å². The summed E-state index contributed by atoms with van der Waals surface area (Å²) in [6, 6.07) is 5.11. The van der Waals surface area contributed by atoms with Crippen molar-refractivity contribution in [2.75, 3.05) is 26.8 Å². The van der Waals surface area contributed by atoms with Gasteiger partial charge in [0.25, 0.3) is 5.91 Å². The maximum atomic E-state index is 12.5. The maximum Gasteiger partial charge on any atom is 0.323 e. The van der Waals surface area contributed by atoms with Crippen molar-refractivity contribution in [3.05, 3.63) is 42.0 Å². The summed E-state index contributed by atoms with van der Waals surface area (Å²) in [4.78, 5) is 28.6. The van der Waals surface area contributed by atoms with Crippen LogP contribution in [0.15, 0.2) is 30.9 Å². The number of rotatable bonds is 7. The lowest BCUT2D eigenvalue weighted by molar-refractivity contribution is -0.137. The van der Waals surface area contributed by atoms with E-state index in [0.29, 0.717) is 5.56 Å². The van der Waals surface area contributed by atoms with Crippen LogP contribution in [0.2, 0.25) is 0 Å². The second-order valence-corrected chi connectivity index (χ2v) is 4.95. The van der Waals surface area contributed by atoms with E-state index in [9.17, 15) is 9.59 Å². The normalized spacial score (nSPS) is 10.5. The maximum absolute atomic E-state index is 12.5. The SMILES string of the molecule is COCCN(CC(=O)O)C(=O)c1ccc(-n2cncn2)c(C)c1. The van der Waals surface area contributed by atoms with Crippen LogP contribution in [0.1, 0.15) is 15.9 Å². The van der Waals surface area contributed by atoms with Gasteiger partial charge in [0, 0.05) is 19.2 Å². The van der Waals surface area contributed by atoms with Gasteiger partial charge < -0.3 is 14.7 Å². The summed E-state index contributed by atoms with van der Waals surface area (Å²) in [6.07, 6.45) is 3.00. The van der Waals surface area contributed by atoms with E-state index < -0.39 is 5.97 Å². The molecule has 0 spiro atoms. The quantitative estimate of drug-likeness (QED) is 0.809. The third kappa shape index (κ3) is 4.13. The Labute approximate surface area is 133 Å². The summed E-state index contributed by atoms with van der Waals surface area (Å²) in [6.45, 7) is 1.97. The number of carboxylic acid groups (broad SMARTS) is 1. The predicted molar refractivity (Wildman–Crippen MR) is 81.5 cm³/mol. The first-order chi connectivity index (χ1) is 11.0. The average molecular weight is 318 g/mol. The molecule has 8 heteroatoms. The van der Waals surface area contributed by atoms with Crippen LogP contribution in [0.4, 0.5) is 0 Å². The van der Waals surface area contributed by atoms with E-state index >= 15 is 0 Å². The van der Waals surface area contributed by atoms with Crippen LogP contribution in [-0.2, 0) is 9.53 Å². The molecule has 0 atom stereocenters. The second-order valence-electron chi connectivity index (χ2n) is 4.95. The number of carbonyl (C=O) groups excluding carboxylic acids is 1. The molecule has 0 bridgehead atoms. The van der Waals surface area contributed by atoms with E-state index in [0.717, 1.165) is 11.3 Å². The number of aliphatic carboxylic acids is 1. The van der Waals surface area contributed by atoms with Crippen LogP contribution < -0.4 is 0 Å². The van der Waals surface area contributed by atoms with E-state index in [1.54, 1.807) is 29.2 Å². The highest BCUT2D eigenvalue weighted by atomic mass is 16.5. The molecule has 0 fully saturated rings. The molecule has 1 N–H and O–H groups in total. The molecule has 1 heterocycles. The zero-order valence-electron chi connectivity index (χ0n) is 13.0. The highest BCUT2D eigenvalue weighted by molar-refractivity contribution is 5.96. The summed E-state index contributed by atoms with van der Waals surface area (Å²) < 4.78 is 6.53.